The lowest BCUT2D eigenvalue weighted by Gasteiger charge is -2.11. The van der Waals surface area contributed by atoms with E-state index in [4.69, 9.17) is 4.74 Å². The SMILES string of the molecule is O=C(NC[C@H]1CCCO1)c1ccc(Cn2ccnc2)cc1. The number of ether oxygens (including phenoxy) is 1. The van der Waals surface area contributed by atoms with Gasteiger partial charge in [-0.1, -0.05) is 12.1 Å². The minimum absolute atomic E-state index is 0.0420. The Morgan fingerprint density at radius 1 is 1.38 bits per heavy atom. The normalized spacial score (nSPS) is 17.8. The molecule has 1 aliphatic heterocycles. The first kappa shape index (κ1) is 13.8. The second-order valence-corrected chi connectivity index (χ2v) is 5.28. The summed E-state index contributed by atoms with van der Waals surface area (Å²) in [7, 11) is 0. The van der Waals surface area contributed by atoms with E-state index in [0.717, 1.165) is 31.6 Å². The molecule has 2 aromatic rings. The van der Waals surface area contributed by atoms with Gasteiger partial charge in [0, 0.05) is 37.7 Å². The number of hydrogen-bond acceptors (Lipinski definition) is 3. The van der Waals surface area contributed by atoms with Crippen molar-refractivity contribution in [3.05, 3.63) is 54.1 Å². The Labute approximate surface area is 124 Å². The minimum atomic E-state index is -0.0420. The first-order valence-corrected chi connectivity index (χ1v) is 7.26. The zero-order valence-corrected chi connectivity index (χ0v) is 11.9. The zero-order chi connectivity index (χ0) is 14.5. The minimum Gasteiger partial charge on any atom is -0.376 e. The smallest absolute Gasteiger partial charge is 0.251 e. The number of amides is 1. The van der Waals surface area contributed by atoms with Crippen LogP contribution in [0.1, 0.15) is 28.8 Å². The first-order chi connectivity index (χ1) is 10.3. The quantitative estimate of drug-likeness (QED) is 0.912. The highest BCUT2D eigenvalue weighted by atomic mass is 16.5. The van der Waals surface area contributed by atoms with Crippen LogP contribution in [0.3, 0.4) is 0 Å². The van der Waals surface area contributed by atoms with E-state index in [1.54, 1.807) is 12.5 Å². The van der Waals surface area contributed by atoms with Crippen LogP contribution < -0.4 is 5.32 Å². The Bertz CT molecular complexity index is 572. The van der Waals surface area contributed by atoms with Crippen LogP contribution >= 0.6 is 0 Å². The lowest BCUT2D eigenvalue weighted by atomic mass is 10.1. The molecule has 1 fully saturated rings. The molecule has 21 heavy (non-hydrogen) atoms. The molecule has 1 aliphatic rings. The highest BCUT2D eigenvalue weighted by Gasteiger charge is 2.16. The number of hydrogen-bond donors (Lipinski definition) is 1. The molecule has 1 saturated heterocycles. The van der Waals surface area contributed by atoms with Crippen LogP contribution in [0.4, 0.5) is 0 Å². The molecular formula is C16H19N3O2. The summed E-state index contributed by atoms with van der Waals surface area (Å²) in [4.78, 5) is 16.1. The van der Waals surface area contributed by atoms with Crippen LogP contribution in [0.2, 0.25) is 0 Å². The van der Waals surface area contributed by atoms with E-state index < -0.39 is 0 Å². The van der Waals surface area contributed by atoms with Gasteiger partial charge in [-0.25, -0.2) is 4.98 Å². The van der Waals surface area contributed by atoms with E-state index in [2.05, 4.69) is 10.3 Å². The Morgan fingerprint density at radius 2 is 2.24 bits per heavy atom. The average Bonchev–Trinajstić information content (AvgIpc) is 3.19. The molecule has 5 nitrogen and oxygen atoms in total. The number of aromatic nitrogens is 2. The van der Waals surface area contributed by atoms with Gasteiger partial charge >= 0.3 is 0 Å². The van der Waals surface area contributed by atoms with Gasteiger partial charge in [-0.3, -0.25) is 4.79 Å². The second-order valence-electron chi connectivity index (χ2n) is 5.28. The third kappa shape index (κ3) is 3.70. The molecule has 5 heteroatoms. The maximum absolute atomic E-state index is 12.0. The number of carbonyl (C=O) groups is 1. The van der Waals surface area contributed by atoms with Gasteiger partial charge in [0.05, 0.1) is 12.4 Å². The summed E-state index contributed by atoms with van der Waals surface area (Å²) in [5, 5.41) is 2.93. The summed E-state index contributed by atoms with van der Waals surface area (Å²) >= 11 is 0. The maximum Gasteiger partial charge on any atom is 0.251 e. The molecule has 0 unspecified atom stereocenters. The van der Waals surface area contributed by atoms with Crippen molar-refractivity contribution in [1.29, 1.82) is 0 Å². The van der Waals surface area contributed by atoms with E-state index in [1.807, 2.05) is 35.0 Å². The number of carbonyl (C=O) groups excluding carboxylic acids is 1. The fourth-order valence-electron chi connectivity index (χ4n) is 2.47. The largest absolute Gasteiger partial charge is 0.376 e. The van der Waals surface area contributed by atoms with Crippen molar-refractivity contribution >= 4 is 5.91 Å². The lowest BCUT2D eigenvalue weighted by Crippen LogP contribution is -2.31. The molecule has 0 saturated carbocycles. The molecule has 1 aromatic heterocycles. The van der Waals surface area contributed by atoms with E-state index in [9.17, 15) is 4.79 Å². The van der Waals surface area contributed by atoms with E-state index in [1.165, 1.54) is 0 Å². The van der Waals surface area contributed by atoms with Crippen molar-refractivity contribution in [1.82, 2.24) is 14.9 Å². The molecule has 3 rings (SSSR count). The Kier molecular flexibility index (Phi) is 4.31. The monoisotopic (exact) mass is 285 g/mol. The fourth-order valence-corrected chi connectivity index (χ4v) is 2.47. The molecule has 0 aliphatic carbocycles. The number of imidazole rings is 1. The number of nitrogens with zero attached hydrogens (tertiary/aromatic N) is 2. The van der Waals surface area contributed by atoms with Crippen molar-refractivity contribution in [2.75, 3.05) is 13.2 Å². The fraction of sp³-hybridized carbons (Fsp3) is 0.375. The molecule has 0 radical (unpaired) electrons. The van der Waals surface area contributed by atoms with Crippen molar-refractivity contribution < 1.29 is 9.53 Å². The highest BCUT2D eigenvalue weighted by Crippen LogP contribution is 2.11. The van der Waals surface area contributed by atoms with Gasteiger partial charge in [0.1, 0.15) is 0 Å². The van der Waals surface area contributed by atoms with Gasteiger partial charge in [0.15, 0.2) is 0 Å². The number of nitrogens with one attached hydrogen (secondary N) is 1. The summed E-state index contributed by atoms with van der Waals surface area (Å²) in [6.07, 6.45) is 7.75. The van der Waals surface area contributed by atoms with E-state index in [-0.39, 0.29) is 12.0 Å². The van der Waals surface area contributed by atoms with Crippen molar-refractivity contribution in [2.45, 2.75) is 25.5 Å². The third-order valence-electron chi connectivity index (χ3n) is 3.65. The summed E-state index contributed by atoms with van der Waals surface area (Å²) in [5.41, 5.74) is 1.83. The Morgan fingerprint density at radius 3 is 2.90 bits per heavy atom. The van der Waals surface area contributed by atoms with Crippen LogP contribution in [0, 0.1) is 0 Å². The van der Waals surface area contributed by atoms with Gasteiger partial charge in [-0.15, -0.1) is 0 Å². The third-order valence-corrected chi connectivity index (χ3v) is 3.65. The molecule has 110 valence electrons. The molecule has 2 heterocycles. The van der Waals surface area contributed by atoms with Crippen LogP contribution in [-0.2, 0) is 11.3 Å². The van der Waals surface area contributed by atoms with Gasteiger partial charge in [-0.05, 0) is 30.5 Å². The van der Waals surface area contributed by atoms with Crippen LogP contribution in [0.5, 0.6) is 0 Å². The van der Waals surface area contributed by atoms with Gasteiger partial charge in [-0.2, -0.15) is 0 Å². The number of rotatable bonds is 5. The van der Waals surface area contributed by atoms with Gasteiger partial charge < -0.3 is 14.6 Å². The predicted molar refractivity (Wildman–Crippen MR) is 79.1 cm³/mol. The molecule has 1 N–H and O–H groups in total. The van der Waals surface area contributed by atoms with Crippen molar-refractivity contribution in [3.8, 4) is 0 Å². The standard InChI is InChI=1S/C16H19N3O2/c20-16(18-10-15-2-1-9-21-15)14-5-3-13(4-6-14)11-19-8-7-17-12-19/h3-8,12,15H,1-2,9-11H2,(H,18,20)/t15-/m1/s1. The number of benzene rings is 1. The van der Waals surface area contributed by atoms with E-state index >= 15 is 0 Å². The summed E-state index contributed by atoms with van der Waals surface area (Å²) in [6, 6.07) is 7.66. The predicted octanol–water partition coefficient (Wildman–Crippen LogP) is 1.84. The maximum atomic E-state index is 12.0. The molecular weight excluding hydrogens is 266 g/mol. The van der Waals surface area contributed by atoms with Gasteiger partial charge in [0.25, 0.3) is 5.91 Å². The highest BCUT2D eigenvalue weighted by molar-refractivity contribution is 5.94. The van der Waals surface area contributed by atoms with Crippen LogP contribution in [0.15, 0.2) is 43.0 Å². The molecule has 0 spiro atoms. The topological polar surface area (TPSA) is 56.1 Å². The Hall–Kier alpha value is -2.14. The lowest BCUT2D eigenvalue weighted by molar-refractivity contribution is 0.0858. The molecule has 0 bridgehead atoms. The first-order valence-electron chi connectivity index (χ1n) is 7.26. The summed E-state index contributed by atoms with van der Waals surface area (Å²) in [5.74, 6) is -0.0420. The van der Waals surface area contributed by atoms with Crippen molar-refractivity contribution in [2.24, 2.45) is 0 Å². The van der Waals surface area contributed by atoms with E-state index in [0.29, 0.717) is 12.1 Å². The molecule has 1 amide bonds. The average molecular weight is 285 g/mol. The van der Waals surface area contributed by atoms with Gasteiger partial charge in [0.2, 0.25) is 0 Å². The second kappa shape index (κ2) is 6.54. The Balaban J connectivity index is 1.54. The molecule has 1 atom stereocenters. The zero-order valence-electron chi connectivity index (χ0n) is 11.9. The summed E-state index contributed by atoms with van der Waals surface area (Å²) in [6.45, 7) is 2.16. The van der Waals surface area contributed by atoms with Crippen LogP contribution in [-0.4, -0.2) is 34.7 Å². The molecule has 1 aromatic carbocycles. The summed E-state index contributed by atoms with van der Waals surface area (Å²) < 4.78 is 7.49. The van der Waals surface area contributed by atoms with Crippen LogP contribution in [0.25, 0.3) is 0 Å². The van der Waals surface area contributed by atoms with Crippen molar-refractivity contribution in [3.63, 3.8) is 0 Å².